The second kappa shape index (κ2) is 5.97. The van der Waals surface area contributed by atoms with E-state index in [0.717, 1.165) is 17.2 Å². The second-order valence-corrected chi connectivity index (χ2v) is 7.63. The third-order valence-corrected chi connectivity index (χ3v) is 5.55. The maximum atomic E-state index is 12.4. The molecule has 0 unspecified atom stereocenters. The third-order valence-electron chi connectivity index (χ3n) is 4.10. The van der Waals surface area contributed by atoms with Gasteiger partial charge in [-0.1, -0.05) is 36.4 Å². The lowest BCUT2D eigenvalue weighted by molar-refractivity contribution is -0.387. The number of hydrogen-bond acceptors (Lipinski definition) is 5. The fourth-order valence-electron chi connectivity index (χ4n) is 2.94. The largest absolute Gasteiger partial charge is 0.388 e. The van der Waals surface area contributed by atoms with E-state index in [1.165, 1.54) is 18.2 Å². The zero-order valence-corrected chi connectivity index (χ0v) is 13.5. The van der Waals surface area contributed by atoms with E-state index >= 15 is 0 Å². The molecule has 1 aliphatic carbocycles. The molecule has 0 aliphatic heterocycles. The van der Waals surface area contributed by atoms with Gasteiger partial charge in [0, 0.05) is 25.5 Å². The quantitative estimate of drug-likeness (QED) is 0.627. The van der Waals surface area contributed by atoms with E-state index in [9.17, 15) is 23.6 Å². The van der Waals surface area contributed by atoms with E-state index < -0.39 is 31.1 Å². The van der Waals surface area contributed by atoms with Crippen molar-refractivity contribution in [3.8, 4) is 0 Å². The first-order valence-corrected chi connectivity index (χ1v) is 8.81. The number of benzene rings is 2. The molecule has 2 aromatic carbocycles. The highest BCUT2D eigenvalue weighted by molar-refractivity contribution is 7.89. The molecule has 8 heteroatoms. The van der Waals surface area contributed by atoms with Crippen LogP contribution in [0.25, 0.3) is 0 Å². The summed E-state index contributed by atoms with van der Waals surface area (Å²) >= 11 is 0. The summed E-state index contributed by atoms with van der Waals surface area (Å²) in [4.78, 5) is 9.86. The molecule has 2 aromatic rings. The molecule has 0 fully saturated rings. The predicted molar refractivity (Wildman–Crippen MR) is 87.1 cm³/mol. The zero-order chi connectivity index (χ0) is 17.4. The van der Waals surface area contributed by atoms with Gasteiger partial charge < -0.3 is 5.11 Å². The average Bonchev–Trinajstić information content (AvgIpc) is 2.90. The first kappa shape index (κ1) is 16.6. The van der Waals surface area contributed by atoms with Crippen LogP contribution in [0.1, 0.15) is 11.1 Å². The molecule has 2 N–H and O–H groups in total. The van der Waals surface area contributed by atoms with Crippen molar-refractivity contribution in [2.75, 3.05) is 6.54 Å². The van der Waals surface area contributed by atoms with Crippen molar-refractivity contribution in [3.63, 3.8) is 0 Å². The van der Waals surface area contributed by atoms with Crippen molar-refractivity contribution in [1.82, 2.24) is 4.72 Å². The number of hydrogen-bond donors (Lipinski definition) is 2. The Balaban J connectivity index is 1.79. The van der Waals surface area contributed by atoms with Gasteiger partial charge in [0.2, 0.25) is 10.0 Å². The van der Waals surface area contributed by atoms with Crippen molar-refractivity contribution in [3.05, 3.63) is 69.8 Å². The first-order valence-electron chi connectivity index (χ1n) is 7.33. The van der Waals surface area contributed by atoms with Gasteiger partial charge in [0.05, 0.1) is 10.5 Å². The molecule has 0 saturated heterocycles. The van der Waals surface area contributed by atoms with E-state index in [-0.39, 0.29) is 6.54 Å². The molecule has 126 valence electrons. The summed E-state index contributed by atoms with van der Waals surface area (Å²) < 4.78 is 27.1. The highest BCUT2D eigenvalue weighted by atomic mass is 32.2. The number of nitrogens with one attached hydrogen (secondary N) is 1. The van der Waals surface area contributed by atoms with Gasteiger partial charge in [0.15, 0.2) is 4.90 Å². The van der Waals surface area contributed by atoms with Crippen molar-refractivity contribution < 1.29 is 18.4 Å². The monoisotopic (exact) mass is 348 g/mol. The summed E-state index contributed by atoms with van der Waals surface area (Å²) in [6, 6.07) is 12.6. The highest BCUT2D eigenvalue weighted by Gasteiger charge is 2.37. The minimum Gasteiger partial charge on any atom is -0.388 e. The minimum absolute atomic E-state index is 0.212. The van der Waals surface area contributed by atoms with Gasteiger partial charge in [0.1, 0.15) is 0 Å². The molecule has 7 nitrogen and oxygen atoms in total. The SMILES string of the molecule is O=[N+]([O-])c1ccccc1S(=O)(=O)NCC1(O)Cc2ccccc2C1. The highest BCUT2D eigenvalue weighted by Crippen LogP contribution is 2.30. The summed E-state index contributed by atoms with van der Waals surface area (Å²) in [7, 11) is -4.10. The van der Waals surface area contributed by atoms with Crippen LogP contribution in [-0.4, -0.2) is 30.6 Å². The van der Waals surface area contributed by atoms with Gasteiger partial charge in [-0.25, -0.2) is 13.1 Å². The van der Waals surface area contributed by atoms with Crippen LogP contribution >= 0.6 is 0 Å². The molecule has 0 spiro atoms. The Kier molecular flexibility index (Phi) is 4.12. The normalized spacial score (nSPS) is 15.9. The smallest absolute Gasteiger partial charge is 0.289 e. The van der Waals surface area contributed by atoms with E-state index in [4.69, 9.17) is 0 Å². The Morgan fingerprint density at radius 2 is 1.62 bits per heavy atom. The van der Waals surface area contributed by atoms with Crippen LogP contribution < -0.4 is 4.72 Å². The number of para-hydroxylation sites is 1. The van der Waals surface area contributed by atoms with Gasteiger partial charge in [-0.2, -0.15) is 0 Å². The topological polar surface area (TPSA) is 110 Å². The Hall–Kier alpha value is -2.29. The molecule has 0 heterocycles. The van der Waals surface area contributed by atoms with Crippen LogP contribution in [0.15, 0.2) is 53.4 Å². The summed E-state index contributed by atoms with van der Waals surface area (Å²) in [5.41, 5.74) is 0.224. The lowest BCUT2D eigenvalue weighted by atomic mass is 10.0. The lowest BCUT2D eigenvalue weighted by Crippen LogP contribution is -2.43. The van der Waals surface area contributed by atoms with Crippen molar-refractivity contribution >= 4 is 15.7 Å². The van der Waals surface area contributed by atoms with Crippen LogP contribution in [0, 0.1) is 10.1 Å². The van der Waals surface area contributed by atoms with E-state index in [1.54, 1.807) is 0 Å². The summed E-state index contributed by atoms with van der Waals surface area (Å²) in [5.74, 6) is 0. The Morgan fingerprint density at radius 1 is 1.08 bits per heavy atom. The summed E-state index contributed by atoms with van der Waals surface area (Å²) in [6.45, 7) is -0.212. The van der Waals surface area contributed by atoms with Gasteiger partial charge >= 0.3 is 0 Å². The Labute approximate surface area is 139 Å². The average molecular weight is 348 g/mol. The van der Waals surface area contributed by atoms with Crippen LogP contribution in [-0.2, 0) is 22.9 Å². The van der Waals surface area contributed by atoms with Crippen molar-refractivity contribution in [2.45, 2.75) is 23.3 Å². The molecule has 1 aliphatic rings. The molecular formula is C16H16N2O5S. The molecular weight excluding hydrogens is 332 g/mol. The van der Waals surface area contributed by atoms with Crippen LogP contribution in [0.3, 0.4) is 0 Å². The second-order valence-electron chi connectivity index (χ2n) is 5.90. The molecule has 0 amide bonds. The van der Waals surface area contributed by atoms with E-state index in [0.29, 0.717) is 12.8 Å². The van der Waals surface area contributed by atoms with Crippen LogP contribution in [0.2, 0.25) is 0 Å². The predicted octanol–water partition coefficient (Wildman–Crippen LogP) is 1.40. The number of rotatable bonds is 5. The number of nitrogens with zero attached hydrogens (tertiary/aromatic N) is 1. The van der Waals surface area contributed by atoms with Crippen molar-refractivity contribution in [2.24, 2.45) is 0 Å². The molecule has 3 rings (SSSR count). The molecule has 24 heavy (non-hydrogen) atoms. The maximum Gasteiger partial charge on any atom is 0.289 e. The Bertz CT molecular complexity index is 870. The maximum absolute atomic E-state index is 12.4. The van der Waals surface area contributed by atoms with Gasteiger partial charge in [-0.3, -0.25) is 10.1 Å². The zero-order valence-electron chi connectivity index (χ0n) is 12.7. The molecule has 0 bridgehead atoms. The van der Waals surface area contributed by atoms with Gasteiger partial charge in [-0.05, 0) is 17.2 Å². The van der Waals surface area contributed by atoms with Crippen LogP contribution in [0.5, 0.6) is 0 Å². The van der Waals surface area contributed by atoms with E-state index in [2.05, 4.69) is 4.72 Å². The van der Waals surface area contributed by atoms with Crippen LogP contribution in [0.4, 0.5) is 5.69 Å². The Morgan fingerprint density at radius 3 is 2.21 bits per heavy atom. The third kappa shape index (κ3) is 3.16. The molecule has 0 aromatic heterocycles. The van der Waals surface area contributed by atoms with Gasteiger partial charge in [-0.15, -0.1) is 0 Å². The molecule has 0 atom stereocenters. The summed E-state index contributed by atoms with van der Waals surface area (Å²) in [5, 5.41) is 21.6. The van der Waals surface area contributed by atoms with Gasteiger partial charge in [0.25, 0.3) is 5.69 Å². The molecule has 0 radical (unpaired) electrons. The first-order chi connectivity index (χ1) is 11.3. The molecule has 0 saturated carbocycles. The summed E-state index contributed by atoms with van der Waals surface area (Å²) in [6.07, 6.45) is 0.672. The number of nitro benzene ring substituents is 1. The van der Waals surface area contributed by atoms with Crippen molar-refractivity contribution in [1.29, 1.82) is 0 Å². The lowest BCUT2D eigenvalue weighted by Gasteiger charge is -2.22. The number of aliphatic hydroxyl groups is 1. The fraction of sp³-hybridized carbons (Fsp3) is 0.250. The number of sulfonamides is 1. The number of fused-ring (bicyclic) bond motifs is 1. The fourth-order valence-corrected chi connectivity index (χ4v) is 4.23. The standard InChI is InChI=1S/C16H16N2O5S/c19-16(9-12-5-1-2-6-13(12)10-16)11-17-24(22,23)15-8-4-3-7-14(15)18(20)21/h1-8,17,19H,9-11H2. The minimum atomic E-state index is -4.10. The van der Waals surface area contributed by atoms with E-state index in [1.807, 2.05) is 24.3 Å². The number of nitro groups is 1.